The van der Waals surface area contributed by atoms with E-state index < -0.39 is 0 Å². The van der Waals surface area contributed by atoms with Crippen molar-refractivity contribution in [2.45, 2.75) is 51.2 Å². The molecule has 0 aromatic heterocycles. The number of hydrogen-bond donors (Lipinski definition) is 2. The zero-order valence-electron chi connectivity index (χ0n) is 8.50. The molecule has 0 spiro atoms. The van der Waals surface area contributed by atoms with Crippen molar-refractivity contribution in [2.24, 2.45) is 11.8 Å². The minimum atomic E-state index is -0.147. The largest absolute Gasteiger partial charge is 0.393 e. The maximum absolute atomic E-state index is 9.12. The van der Waals surface area contributed by atoms with Crippen LogP contribution in [-0.4, -0.2) is 23.8 Å². The van der Waals surface area contributed by atoms with Crippen LogP contribution in [0.4, 0.5) is 0 Å². The molecule has 0 saturated heterocycles. The maximum Gasteiger partial charge on any atom is 0.0524 e. The summed E-state index contributed by atoms with van der Waals surface area (Å²) in [6, 6.07) is 0.775. The highest BCUT2D eigenvalue weighted by Crippen LogP contribution is 2.44. The van der Waals surface area contributed by atoms with Gasteiger partial charge in [0.1, 0.15) is 0 Å². The second kappa shape index (κ2) is 3.97. The molecule has 0 aromatic carbocycles. The van der Waals surface area contributed by atoms with Gasteiger partial charge in [-0.15, -0.1) is 0 Å². The molecule has 0 amide bonds. The summed E-state index contributed by atoms with van der Waals surface area (Å²) in [6.07, 6.45) is 6.52. The lowest BCUT2D eigenvalue weighted by Gasteiger charge is -2.23. The number of nitrogens with one attached hydrogen (secondary N) is 1. The molecule has 76 valence electrons. The lowest BCUT2D eigenvalue weighted by atomic mass is 9.95. The number of hydrogen-bond acceptors (Lipinski definition) is 2. The van der Waals surface area contributed by atoms with E-state index in [1.165, 1.54) is 25.7 Å². The van der Waals surface area contributed by atoms with E-state index in [0.29, 0.717) is 0 Å². The quantitative estimate of drug-likeness (QED) is 0.693. The first-order valence-corrected chi connectivity index (χ1v) is 5.67. The van der Waals surface area contributed by atoms with Crippen LogP contribution in [-0.2, 0) is 0 Å². The summed E-state index contributed by atoms with van der Waals surface area (Å²) in [7, 11) is 0. The Kier molecular flexibility index (Phi) is 2.89. The van der Waals surface area contributed by atoms with Crippen molar-refractivity contribution in [2.75, 3.05) is 6.54 Å². The zero-order chi connectivity index (χ0) is 9.26. The first-order valence-electron chi connectivity index (χ1n) is 5.67. The summed E-state index contributed by atoms with van der Waals surface area (Å²) >= 11 is 0. The predicted molar refractivity (Wildman–Crippen MR) is 53.5 cm³/mol. The second-order valence-corrected chi connectivity index (χ2v) is 4.87. The Labute approximate surface area is 80.7 Å². The SMILES string of the molecule is C[C@H](O)CCN[C@H]1C[C@@H]2CC[C@@H]1C2. The second-order valence-electron chi connectivity index (χ2n) is 4.87. The maximum atomic E-state index is 9.12. The smallest absolute Gasteiger partial charge is 0.0524 e. The lowest BCUT2D eigenvalue weighted by Crippen LogP contribution is -2.35. The van der Waals surface area contributed by atoms with Crippen LogP contribution in [0.3, 0.4) is 0 Å². The van der Waals surface area contributed by atoms with Crippen LogP contribution in [0.2, 0.25) is 0 Å². The van der Waals surface area contributed by atoms with Gasteiger partial charge < -0.3 is 10.4 Å². The third-order valence-electron chi connectivity index (χ3n) is 3.71. The lowest BCUT2D eigenvalue weighted by molar-refractivity contribution is 0.180. The summed E-state index contributed by atoms with van der Waals surface area (Å²) in [5.74, 6) is 1.98. The van der Waals surface area contributed by atoms with E-state index in [1.807, 2.05) is 6.92 Å². The highest BCUT2D eigenvalue weighted by Gasteiger charge is 2.38. The minimum absolute atomic E-state index is 0.147. The number of aliphatic hydroxyl groups excluding tert-OH is 1. The van der Waals surface area contributed by atoms with Crippen LogP contribution >= 0.6 is 0 Å². The Morgan fingerprint density at radius 2 is 2.23 bits per heavy atom. The molecule has 2 saturated carbocycles. The monoisotopic (exact) mass is 183 g/mol. The summed E-state index contributed by atoms with van der Waals surface area (Å²) in [5, 5.41) is 12.7. The van der Waals surface area contributed by atoms with Crippen LogP contribution in [0, 0.1) is 11.8 Å². The highest BCUT2D eigenvalue weighted by atomic mass is 16.3. The molecule has 2 bridgehead atoms. The highest BCUT2D eigenvalue weighted by molar-refractivity contribution is 4.93. The third-order valence-corrected chi connectivity index (χ3v) is 3.71. The van der Waals surface area contributed by atoms with Crippen molar-refractivity contribution in [1.82, 2.24) is 5.32 Å². The standard InChI is InChI=1S/C11H21NO/c1-8(13)4-5-12-11-7-9-2-3-10(11)6-9/h8-13H,2-7H2,1H3/t8-,9+,10+,11-/m0/s1. The van der Waals surface area contributed by atoms with Gasteiger partial charge in [0.25, 0.3) is 0 Å². The van der Waals surface area contributed by atoms with Crippen molar-refractivity contribution in [1.29, 1.82) is 0 Å². The molecular weight excluding hydrogens is 162 g/mol. The fourth-order valence-electron chi connectivity index (χ4n) is 2.97. The Hall–Kier alpha value is -0.0800. The molecule has 0 unspecified atom stereocenters. The molecular formula is C11H21NO. The Balaban J connectivity index is 1.66. The normalized spacial score (nSPS) is 39.7. The number of fused-ring (bicyclic) bond motifs is 2. The van der Waals surface area contributed by atoms with E-state index >= 15 is 0 Å². The first-order chi connectivity index (χ1) is 6.25. The van der Waals surface area contributed by atoms with Crippen molar-refractivity contribution < 1.29 is 5.11 Å². The van der Waals surface area contributed by atoms with E-state index in [1.54, 1.807) is 0 Å². The van der Waals surface area contributed by atoms with E-state index in [2.05, 4.69) is 5.32 Å². The van der Waals surface area contributed by atoms with Crippen LogP contribution < -0.4 is 5.32 Å². The Morgan fingerprint density at radius 1 is 1.38 bits per heavy atom. The molecule has 0 heterocycles. The molecule has 4 atom stereocenters. The van der Waals surface area contributed by atoms with E-state index in [0.717, 1.165) is 30.8 Å². The summed E-state index contributed by atoms with van der Waals surface area (Å²) in [4.78, 5) is 0. The summed E-state index contributed by atoms with van der Waals surface area (Å²) in [5.41, 5.74) is 0. The number of aliphatic hydroxyl groups is 1. The van der Waals surface area contributed by atoms with Gasteiger partial charge in [0, 0.05) is 6.04 Å². The molecule has 2 N–H and O–H groups in total. The van der Waals surface area contributed by atoms with Crippen LogP contribution in [0.25, 0.3) is 0 Å². The zero-order valence-corrected chi connectivity index (χ0v) is 8.50. The first kappa shape index (κ1) is 9.47. The minimum Gasteiger partial charge on any atom is -0.393 e. The molecule has 0 aliphatic heterocycles. The molecule has 13 heavy (non-hydrogen) atoms. The van der Waals surface area contributed by atoms with Crippen molar-refractivity contribution in [3.05, 3.63) is 0 Å². The molecule has 0 radical (unpaired) electrons. The molecule has 2 heteroatoms. The van der Waals surface area contributed by atoms with Crippen molar-refractivity contribution in [3.8, 4) is 0 Å². The van der Waals surface area contributed by atoms with E-state index in [-0.39, 0.29) is 6.10 Å². The predicted octanol–water partition coefficient (Wildman–Crippen LogP) is 1.54. The van der Waals surface area contributed by atoms with Gasteiger partial charge >= 0.3 is 0 Å². The fraction of sp³-hybridized carbons (Fsp3) is 1.00. The van der Waals surface area contributed by atoms with Gasteiger partial charge in [0.15, 0.2) is 0 Å². The summed E-state index contributed by atoms with van der Waals surface area (Å²) in [6.45, 7) is 2.86. The van der Waals surface area contributed by atoms with Gasteiger partial charge in [-0.1, -0.05) is 6.42 Å². The Bertz CT molecular complexity index is 169. The van der Waals surface area contributed by atoms with Crippen molar-refractivity contribution >= 4 is 0 Å². The van der Waals surface area contributed by atoms with Gasteiger partial charge in [-0.3, -0.25) is 0 Å². The van der Waals surface area contributed by atoms with Gasteiger partial charge in [-0.05, 0) is 51.0 Å². The molecule has 2 rings (SSSR count). The topological polar surface area (TPSA) is 32.3 Å². The fourth-order valence-corrected chi connectivity index (χ4v) is 2.97. The molecule has 2 aliphatic carbocycles. The molecule has 0 aromatic rings. The van der Waals surface area contributed by atoms with Crippen molar-refractivity contribution in [3.63, 3.8) is 0 Å². The molecule has 2 nitrogen and oxygen atoms in total. The molecule has 2 aliphatic rings. The van der Waals surface area contributed by atoms with Gasteiger partial charge in [-0.2, -0.15) is 0 Å². The van der Waals surface area contributed by atoms with Gasteiger partial charge in [0.05, 0.1) is 6.10 Å². The van der Waals surface area contributed by atoms with Crippen LogP contribution in [0.5, 0.6) is 0 Å². The number of rotatable bonds is 4. The molecule has 2 fully saturated rings. The van der Waals surface area contributed by atoms with Gasteiger partial charge in [0.2, 0.25) is 0 Å². The Morgan fingerprint density at radius 3 is 2.77 bits per heavy atom. The van der Waals surface area contributed by atoms with E-state index in [4.69, 9.17) is 5.11 Å². The summed E-state index contributed by atoms with van der Waals surface area (Å²) < 4.78 is 0. The average molecular weight is 183 g/mol. The van der Waals surface area contributed by atoms with Gasteiger partial charge in [-0.25, -0.2) is 0 Å². The van der Waals surface area contributed by atoms with Crippen LogP contribution in [0.15, 0.2) is 0 Å². The third kappa shape index (κ3) is 2.23. The van der Waals surface area contributed by atoms with Crippen LogP contribution in [0.1, 0.15) is 39.0 Å². The average Bonchev–Trinajstić information content (AvgIpc) is 2.64. The van der Waals surface area contributed by atoms with E-state index in [9.17, 15) is 0 Å².